The molecule has 0 radical (unpaired) electrons. The van der Waals surface area contributed by atoms with Gasteiger partial charge < -0.3 is 0 Å². The van der Waals surface area contributed by atoms with E-state index in [-0.39, 0.29) is 0 Å². The molecule has 0 spiro atoms. The van der Waals surface area contributed by atoms with E-state index in [4.69, 9.17) is 0 Å². The average molecular weight is 371 g/mol. The first-order chi connectivity index (χ1) is 13.4. The fourth-order valence-electron chi connectivity index (χ4n) is 4.18. The average Bonchev–Trinajstić information content (AvgIpc) is 2.68. The number of aryl methyl sites for hydroxylation is 6. The fourth-order valence-corrected chi connectivity index (χ4v) is 4.18. The highest BCUT2D eigenvalue weighted by Gasteiger charge is 2.09. The highest BCUT2D eigenvalue weighted by Crippen LogP contribution is 2.23. The lowest BCUT2D eigenvalue weighted by atomic mass is 9.90. The third-order valence-corrected chi connectivity index (χ3v) is 6.77. The van der Waals surface area contributed by atoms with Gasteiger partial charge in [0.25, 0.3) is 0 Å². The lowest BCUT2D eigenvalue weighted by Gasteiger charge is -2.15. The summed E-state index contributed by atoms with van der Waals surface area (Å²) < 4.78 is 0. The maximum absolute atomic E-state index is 2.37. The first-order valence-corrected chi connectivity index (χ1v) is 10.6. The van der Waals surface area contributed by atoms with Crippen molar-refractivity contribution >= 4 is 0 Å². The molecule has 0 nitrogen and oxygen atoms in total. The van der Waals surface area contributed by atoms with Gasteiger partial charge in [0.05, 0.1) is 0 Å². The van der Waals surface area contributed by atoms with E-state index in [2.05, 4.69) is 90.1 Å². The first-order valence-electron chi connectivity index (χ1n) is 10.6. The van der Waals surface area contributed by atoms with Crippen LogP contribution in [-0.2, 0) is 25.7 Å². The largest absolute Gasteiger partial charge is 0.0617 e. The Labute approximate surface area is 171 Å². The molecule has 28 heavy (non-hydrogen) atoms. The Bertz CT molecular complexity index is 895. The van der Waals surface area contributed by atoms with Crippen molar-refractivity contribution in [2.45, 2.75) is 67.2 Å². The number of benzene rings is 3. The van der Waals surface area contributed by atoms with Crippen molar-refractivity contribution in [1.82, 2.24) is 0 Å². The van der Waals surface area contributed by atoms with Crippen LogP contribution < -0.4 is 0 Å². The van der Waals surface area contributed by atoms with Crippen molar-refractivity contribution in [1.29, 1.82) is 0 Å². The van der Waals surface area contributed by atoms with Gasteiger partial charge >= 0.3 is 0 Å². The second kappa shape index (κ2) is 8.78. The summed E-state index contributed by atoms with van der Waals surface area (Å²) in [4.78, 5) is 0. The smallest absolute Gasteiger partial charge is 0.0235 e. The van der Waals surface area contributed by atoms with E-state index in [0.717, 1.165) is 25.7 Å². The van der Waals surface area contributed by atoms with Crippen molar-refractivity contribution in [2.24, 2.45) is 0 Å². The van der Waals surface area contributed by atoms with Crippen LogP contribution >= 0.6 is 0 Å². The van der Waals surface area contributed by atoms with Gasteiger partial charge in [0.1, 0.15) is 0 Å². The van der Waals surface area contributed by atoms with Gasteiger partial charge in [0, 0.05) is 0 Å². The molecule has 0 aliphatic heterocycles. The summed E-state index contributed by atoms with van der Waals surface area (Å²) >= 11 is 0. The summed E-state index contributed by atoms with van der Waals surface area (Å²) in [5.74, 6) is 0. The molecule has 146 valence electrons. The molecule has 0 aliphatic carbocycles. The molecule has 3 aromatic rings. The van der Waals surface area contributed by atoms with E-state index in [1.807, 2.05) is 0 Å². The van der Waals surface area contributed by atoms with Crippen LogP contribution in [0.5, 0.6) is 0 Å². The van der Waals surface area contributed by atoms with Gasteiger partial charge in [-0.15, -0.1) is 0 Å². The van der Waals surface area contributed by atoms with E-state index >= 15 is 0 Å². The SMILES string of the molecule is Cc1cccc(CCc2ccc(CCc3cccc(C)c3C)c(C)c2C)c1C. The Hall–Kier alpha value is -2.34. The summed E-state index contributed by atoms with van der Waals surface area (Å²) in [6, 6.07) is 18.1. The number of hydrogen-bond donors (Lipinski definition) is 0. The second-order valence-corrected chi connectivity index (χ2v) is 8.35. The van der Waals surface area contributed by atoms with Gasteiger partial charge in [-0.05, 0) is 123 Å². The molecule has 0 amide bonds. The Morgan fingerprint density at radius 1 is 0.393 bits per heavy atom. The monoisotopic (exact) mass is 370 g/mol. The van der Waals surface area contributed by atoms with Crippen molar-refractivity contribution in [3.63, 3.8) is 0 Å². The van der Waals surface area contributed by atoms with Crippen molar-refractivity contribution in [3.05, 3.63) is 104 Å². The number of hydrogen-bond acceptors (Lipinski definition) is 0. The van der Waals surface area contributed by atoms with Crippen LogP contribution in [0.25, 0.3) is 0 Å². The van der Waals surface area contributed by atoms with Gasteiger partial charge in [-0.3, -0.25) is 0 Å². The zero-order valence-corrected chi connectivity index (χ0v) is 18.4. The zero-order chi connectivity index (χ0) is 20.3. The molecule has 0 fully saturated rings. The minimum Gasteiger partial charge on any atom is -0.0617 e. The Morgan fingerprint density at radius 2 is 0.714 bits per heavy atom. The van der Waals surface area contributed by atoms with E-state index in [1.54, 1.807) is 0 Å². The zero-order valence-electron chi connectivity index (χ0n) is 18.4. The Morgan fingerprint density at radius 3 is 1.07 bits per heavy atom. The molecule has 0 N–H and O–H groups in total. The molecular formula is C28H34. The summed E-state index contributed by atoms with van der Waals surface area (Å²) in [6.07, 6.45) is 4.48. The van der Waals surface area contributed by atoms with Crippen LogP contribution in [0, 0.1) is 41.5 Å². The predicted octanol–water partition coefficient (Wildman–Crippen LogP) is 7.11. The molecule has 0 aliphatic rings. The van der Waals surface area contributed by atoms with Crippen LogP contribution in [0.15, 0.2) is 48.5 Å². The molecule has 0 heterocycles. The van der Waals surface area contributed by atoms with Gasteiger partial charge in [-0.1, -0.05) is 48.5 Å². The summed E-state index contributed by atoms with van der Waals surface area (Å²) in [5, 5.41) is 0. The van der Waals surface area contributed by atoms with Crippen LogP contribution in [0.1, 0.15) is 55.6 Å². The highest BCUT2D eigenvalue weighted by atomic mass is 14.1. The van der Waals surface area contributed by atoms with Gasteiger partial charge in [0.2, 0.25) is 0 Å². The van der Waals surface area contributed by atoms with Crippen LogP contribution in [-0.4, -0.2) is 0 Å². The highest BCUT2D eigenvalue weighted by molar-refractivity contribution is 5.42. The second-order valence-electron chi connectivity index (χ2n) is 8.35. The number of rotatable bonds is 6. The summed E-state index contributed by atoms with van der Waals surface area (Å²) in [6.45, 7) is 13.5. The summed E-state index contributed by atoms with van der Waals surface area (Å²) in [7, 11) is 0. The molecule has 0 saturated heterocycles. The van der Waals surface area contributed by atoms with Gasteiger partial charge in [-0.2, -0.15) is 0 Å². The minimum atomic E-state index is 1.12. The molecular weight excluding hydrogens is 336 g/mol. The Kier molecular flexibility index (Phi) is 6.39. The normalized spacial score (nSPS) is 11.1. The van der Waals surface area contributed by atoms with E-state index in [1.165, 1.54) is 55.6 Å². The third kappa shape index (κ3) is 4.38. The van der Waals surface area contributed by atoms with Crippen LogP contribution in [0.3, 0.4) is 0 Å². The van der Waals surface area contributed by atoms with Crippen molar-refractivity contribution in [2.75, 3.05) is 0 Å². The molecule has 3 aromatic carbocycles. The molecule has 0 atom stereocenters. The fraction of sp³-hybridized carbons (Fsp3) is 0.357. The van der Waals surface area contributed by atoms with E-state index in [0.29, 0.717) is 0 Å². The topological polar surface area (TPSA) is 0 Å². The molecule has 0 saturated carbocycles. The minimum absolute atomic E-state index is 1.12. The van der Waals surface area contributed by atoms with Crippen molar-refractivity contribution in [3.8, 4) is 0 Å². The van der Waals surface area contributed by atoms with Gasteiger partial charge in [-0.25, -0.2) is 0 Å². The van der Waals surface area contributed by atoms with Crippen LogP contribution in [0.2, 0.25) is 0 Å². The lowest BCUT2D eigenvalue weighted by molar-refractivity contribution is 0.907. The molecule has 3 rings (SSSR count). The first kappa shape index (κ1) is 20.4. The standard InChI is InChI=1S/C28H34/c1-19-9-7-11-25(21(19)3)13-15-27-17-18-28(24(6)23(27)5)16-14-26-12-8-10-20(2)22(26)4/h7-12,17-18H,13-16H2,1-6H3. The van der Waals surface area contributed by atoms with E-state index in [9.17, 15) is 0 Å². The van der Waals surface area contributed by atoms with Crippen molar-refractivity contribution < 1.29 is 0 Å². The quantitative estimate of drug-likeness (QED) is 0.434. The van der Waals surface area contributed by atoms with Crippen LogP contribution in [0.4, 0.5) is 0 Å². The Balaban J connectivity index is 1.72. The van der Waals surface area contributed by atoms with E-state index < -0.39 is 0 Å². The predicted molar refractivity (Wildman–Crippen MR) is 123 cm³/mol. The maximum atomic E-state index is 2.37. The maximum Gasteiger partial charge on any atom is -0.0235 e. The lowest BCUT2D eigenvalue weighted by Crippen LogP contribution is -2.03. The molecule has 0 bridgehead atoms. The molecule has 0 unspecified atom stereocenters. The molecule has 0 heteroatoms. The summed E-state index contributed by atoms with van der Waals surface area (Å²) in [5.41, 5.74) is 14.6. The van der Waals surface area contributed by atoms with Gasteiger partial charge in [0.15, 0.2) is 0 Å². The molecule has 0 aromatic heterocycles. The third-order valence-electron chi connectivity index (χ3n) is 6.77.